The molecule has 1 aliphatic heterocycles. The van der Waals surface area contributed by atoms with Gasteiger partial charge in [-0.2, -0.15) is 0 Å². The molecule has 2 rings (SSSR count). The van der Waals surface area contributed by atoms with Crippen LogP contribution in [0.5, 0.6) is 0 Å². The zero-order valence-corrected chi connectivity index (χ0v) is 14.1. The molecule has 20 heavy (non-hydrogen) atoms. The second-order valence-corrected chi connectivity index (χ2v) is 7.79. The molecule has 0 bridgehead atoms. The molecule has 1 aliphatic rings. The summed E-state index contributed by atoms with van der Waals surface area (Å²) in [4.78, 5) is 17.3. The molecule has 3 atom stereocenters. The van der Waals surface area contributed by atoms with Crippen LogP contribution in [0, 0.1) is 18.8 Å². The minimum Gasteiger partial charge on any atom is -0.318 e. The van der Waals surface area contributed by atoms with Crippen molar-refractivity contribution in [3.05, 3.63) is 21.9 Å². The molecular formula is C16H26N2OS. The van der Waals surface area contributed by atoms with E-state index in [9.17, 15) is 4.79 Å². The van der Waals surface area contributed by atoms with Gasteiger partial charge in [0.1, 0.15) is 6.17 Å². The Morgan fingerprint density at radius 2 is 1.85 bits per heavy atom. The quantitative estimate of drug-likeness (QED) is 0.921. The SMILES string of the molecule is Cc1ccc(C2NC(C(C)C)C(=O)N2C(C)C(C)C)s1. The molecule has 1 fully saturated rings. The highest BCUT2D eigenvalue weighted by Gasteiger charge is 2.44. The van der Waals surface area contributed by atoms with E-state index >= 15 is 0 Å². The van der Waals surface area contributed by atoms with Crippen molar-refractivity contribution in [2.45, 2.75) is 59.8 Å². The van der Waals surface area contributed by atoms with E-state index in [1.54, 1.807) is 11.3 Å². The Bertz CT molecular complexity index is 481. The Hall–Kier alpha value is -0.870. The van der Waals surface area contributed by atoms with Crippen molar-refractivity contribution in [3.8, 4) is 0 Å². The summed E-state index contributed by atoms with van der Waals surface area (Å²) in [6, 6.07) is 4.45. The third-order valence-corrected chi connectivity index (χ3v) is 5.29. The molecule has 0 radical (unpaired) electrons. The minimum atomic E-state index is -0.0661. The van der Waals surface area contributed by atoms with Crippen molar-refractivity contribution < 1.29 is 4.79 Å². The molecule has 4 heteroatoms. The predicted octanol–water partition coefficient (Wildman–Crippen LogP) is 3.56. The topological polar surface area (TPSA) is 32.3 Å². The highest BCUT2D eigenvalue weighted by molar-refractivity contribution is 7.12. The monoisotopic (exact) mass is 294 g/mol. The number of nitrogens with one attached hydrogen (secondary N) is 1. The molecule has 1 aromatic rings. The second-order valence-electron chi connectivity index (χ2n) is 6.47. The third-order valence-electron chi connectivity index (χ3n) is 4.24. The fraction of sp³-hybridized carbons (Fsp3) is 0.688. The predicted molar refractivity (Wildman–Crippen MR) is 84.7 cm³/mol. The van der Waals surface area contributed by atoms with Crippen LogP contribution in [0.2, 0.25) is 0 Å². The first-order chi connectivity index (χ1) is 9.32. The summed E-state index contributed by atoms with van der Waals surface area (Å²) in [6.07, 6.45) is 0.0333. The number of rotatable bonds is 4. The smallest absolute Gasteiger partial charge is 0.241 e. The number of carbonyl (C=O) groups excluding carboxylic acids is 1. The van der Waals surface area contributed by atoms with Gasteiger partial charge in [0, 0.05) is 15.8 Å². The maximum absolute atomic E-state index is 12.8. The van der Waals surface area contributed by atoms with Crippen molar-refractivity contribution in [3.63, 3.8) is 0 Å². The van der Waals surface area contributed by atoms with Crippen molar-refractivity contribution >= 4 is 17.2 Å². The van der Waals surface area contributed by atoms with Gasteiger partial charge in [-0.25, -0.2) is 0 Å². The average molecular weight is 294 g/mol. The number of aryl methyl sites for hydroxylation is 1. The van der Waals surface area contributed by atoms with E-state index in [2.05, 4.69) is 63.9 Å². The number of thiophene rings is 1. The van der Waals surface area contributed by atoms with Crippen LogP contribution in [0.3, 0.4) is 0 Å². The second kappa shape index (κ2) is 5.86. The molecule has 0 aliphatic carbocycles. The first kappa shape index (κ1) is 15.5. The van der Waals surface area contributed by atoms with Crippen molar-refractivity contribution in [2.75, 3.05) is 0 Å². The largest absolute Gasteiger partial charge is 0.318 e. The molecule has 2 heterocycles. The van der Waals surface area contributed by atoms with Gasteiger partial charge in [0.05, 0.1) is 6.04 Å². The van der Waals surface area contributed by atoms with E-state index in [1.165, 1.54) is 9.75 Å². The van der Waals surface area contributed by atoms with Crippen molar-refractivity contribution in [2.24, 2.45) is 11.8 Å². The summed E-state index contributed by atoms with van der Waals surface area (Å²) >= 11 is 1.78. The zero-order chi connectivity index (χ0) is 15.0. The Kier molecular flexibility index (Phi) is 4.55. The van der Waals surface area contributed by atoms with E-state index < -0.39 is 0 Å². The lowest BCUT2D eigenvalue weighted by molar-refractivity contribution is -0.133. The van der Waals surface area contributed by atoms with Crippen LogP contribution in [-0.4, -0.2) is 22.9 Å². The number of amides is 1. The lowest BCUT2D eigenvalue weighted by Crippen LogP contribution is -2.41. The number of carbonyl (C=O) groups is 1. The Morgan fingerprint density at radius 1 is 1.20 bits per heavy atom. The Balaban J connectivity index is 2.34. The first-order valence-electron chi connectivity index (χ1n) is 7.47. The lowest BCUT2D eigenvalue weighted by atomic mass is 10.0. The highest BCUT2D eigenvalue weighted by atomic mass is 32.1. The van der Waals surface area contributed by atoms with E-state index in [-0.39, 0.29) is 24.2 Å². The molecule has 1 saturated heterocycles. The van der Waals surface area contributed by atoms with Gasteiger partial charge in [-0.1, -0.05) is 27.7 Å². The van der Waals surface area contributed by atoms with Crippen LogP contribution in [0.15, 0.2) is 12.1 Å². The summed E-state index contributed by atoms with van der Waals surface area (Å²) in [5, 5.41) is 3.54. The standard InChI is InChI=1S/C16H26N2OS/c1-9(2)12(6)18-15(13-8-7-11(5)20-13)17-14(10(3)4)16(18)19/h7-10,12,14-15,17H,1-6H3. The van der Waals surface area contributed by atoms with Gasteiger partial charge in [-0.15, -0.1) is 11.3 Å². The maximum atomic E-state index is 12.8. The molecule has 112 valence electrons. The number of nitrogens with zero attached hydrogens (tertiary/aromatic N) is 1. The summed E-state index contributed by atoms with van der Waals surface area (Å²) < 4.78 is 0. The van der Waals surface area contributed by atoms with Gasteiger partial charge < -0.3 is 4.90 Å². The molecular weight excluding hydrogens is 268 g/mol. The summed E-state index contributed by atoms with van der Waals surface area (Å²) in [7, 11) is 0. The average Bonchev–Trinajstić information content (AvgIpc) is 2.92. The van der Waals surface area contributed by atoms with Gasteiger partial charge in [-0.05, 0) is 37.8 Å². The van der Waals surface area contributed by atoms with Crippen LogP contribution >= 0.6 is 11.3 Å². The van der Waals surface area contributed by atoms with Crippen LogP contribution in [0.1, 0.15) is 50.5 Å². The molecule has 0 spiro atoms. The van der Waals surface area contributed by atoms with E-state index in [1.807, 2.05) is 0 Å². The van der Waals surface area contributed by atoms with Crippen molar-refractivity contribution in [1.29, 1.82) is 0 Å². The maximum Gasteiger partial charge on any atom is 0.241 e. The van der Waals surface area contributed by atoms with Gasteiger partial charge in [0.25, 0.3) is 0 Å². The minimum absolute atomic E-state index is 0.0333. The van der Waals surface area contributed by atoms with E-state index in [0.717, 1.165) is 0 Å². The molecule has 0 aromatic carbocycles. The summed E-state index contributed by atoms with van der Waals surface area (Å²) in [5.41, 5.74) is 0. The highest BCUT2D eigenvalue weighted by Crippen LogP contribution is 2.35. The lowest BCUT2D eigenvalue weighted by Gasteiger charge is -2.32. The van der Waals surface area contributed by atoms with Gasteiger partial charge in [0.2, 0.25) is 5.91 Å². The Labute approximate surface area is 126 Å². The molecule has 3 unspecified atom stereocenters. The molecule has 1 aromatic heterocycles. The summed E-state index contributed by atoms with van der Waals surface area (Å²) in [6.45, 7) is 12.8. The van der Waals surface area contributed by atoms with E-state index in [4.69, 9.17) is 0 Å². The number of hydrogen-bond donors (Lipinski definition) is 1. The molecule has 3 nitrogen and oxygen atoms in total. The first-order valence-corrected chi connectivity index (χ1v) is 8.29. The third kappa shape index (κ3) is 2.77. The fourth-order valence-corrected chi connectivity index (χ4v) is 3.60. The van der Waals surface area contributed by atoms with Crippen LogP contribution < -0.4 is 5.32 Å². The summed E-state index contributed by atoms with van der Waals surface area (Å²) in [5.74, 6) is 1.02. The molecule has 1 amide bonds. The zero-order valence-electron chi connectivity index (χ0n) is 13.3. The molecule has 1 N–H and O–H groups in total. The fourth-order valence-electron chi connectivity index (χ4n) is 2.66. The van der Waals surface area contributed by atoms with Gasteiger partial charge in [0.15, 0.2) is 0 Å². The van der Waals surface area contributed by atoms with Gasteiger partial charge >= 0.3 is 0 Å². The van der Waals surface area contributed by atoms with Gasteiger partial charge in [-0.3, -0.25) is 10.1 Å². The van der Waals surface area contributed by atoms with Crippen LogP contribution in [0.25, 0.3) is 0 Å². The van der Waals surface area contributed by atoms with Crippen molar-refractivity contribution in [1.82, 2.24) is 10.2 Å². The Morgan fingerprint density at radius 3 is 2.30 bits per heavy atom. The van der Waals surface area contributed by atoms with Crippen LogP contribution in [0.4, 0.5) is 0 Å². The van der Waals surface area contributed by atoms with E-state index in [0.29, 0.717) is 11.8 Å². The normalized spacial score (nSPS) is 25.0. The number of hydrogen-bond acceptors (Lipinski definition) is 3. The van der Waals surface area contributed by atoms with Crippen LogP contribution in [-0.2, 0) is 4.79 Å². The molecule has 0 saturated carbocycles.